The van der Waals surface area contributed by atoms with E-state index in [4.69, 9.17) is 11.6 Å². The van der Waals surface area contributed by atoms with Gasteiger partial charge in [-0.15, -0.1) is 0 Å². The van der Waals surface area contributed by atoms with E-state index in [1.165, 1.54) is 44.5 Å². The molecule has 0 saturated carbocycles. The van der Waals surface area contributed by atoms with Crippen molar-refractivity contribution in [3.8, 4) is 0 Å². The smallest absolute Gasteiger partial charge is 0.0453 e. The Morgan fingerprint density at radius 1 is 1.33 bits per heavy atom. The van der Waals surface area contributed by atoms with Gasteiger partial charge in [0.25, 0.3) is 0 Å². The number of nitrogens with one attached hydrogen (secondary N) is 1. The Hall–Kier alpha value is -0.570. The molecule has 1 fully saturated rings. The van der Waals surface area contributed by atoms with Gasteiger partial charge in [-0.2, -0.15) is 0 Å². The minimum absolute atomic E-state index is 0.366. The van der Waals surface area contributed by atoms with Gasteiger partial charge in [0.15, 0.2) is 0 Å². The highest BCUT2D eigenvalue weighted by Crippen LogP contribution is 2.26. The number of hydrogen-bond acceptors (Lipinski definition) is 2. The quantitative estimate of drug-likeness (QED) is 0.797. The highest BCUT2D eigenvalue weighted by molar-refractivity contribution is 6.31. The molecule has 2 unspecified atom stereocenters. The van der Waals surface area contributed by atoms with Crippen molar-refractivity contribution in [1.29, 1.82) is 0 Å². The van der Waals surface area contributed by atoms with Gasteiger partial charge in [0.05, 0.1) is 0 Å². The summed E-state index contributed by atoms with van der Waals surface area (Å²) in [6.45, 7) is 9.17. The minimum Gasteiger partial charge on any atom is -0.310 e. The fraction of sp³-hybridized carbons (Fsp3) is 0.667. The Labute approximate surface area is 134 Å². The molecular formula is C18H29ClN2. The van der Waals surface area contributed by atoms with E-state index in [1.807, 2.05) is 12.1 Å². The Balaban J connectivity index is 1.92. The average molecular weight is 309 g/mol. The van der Waals surface area contributed by atoms with Crippen molar-refractivity contribution in [3.05, 3.63) is 34.9 Å². The molecule has 1 aliphatic rings. The number of piperidine rings is 1. The number of rotatable bonds is 7. The van der Waals surface area contributed by atoms with E-state index in [0.717, 1.165) is 23.9 Å². The summed E-state index contributed by atoms with van der Waals surface area (Å²) in [7, 11) is 0. The third-order valence-corrected chi connectivity index (χ3v) is 4.99. The van der Waals surface area contributed by atoms with Crippen LogP contribution in [-0.2, 0) is 0 Å². The van der Waals surface area contributed by atoms with Crippen LogP contribution in [0.4, 0.5) is 0 Å². The van der Waals surface area contributed by atoms with E-state index in [-0.39, 0.29) is 0 Å². The zero-order valence-electron chi connectivity index (χ0n) is 13.4. The number of nitrogens with zero attached hydrogens (tertiary/aromatic N) is 1. The summed E-state index contributed by atoms with van der Waals surface area (Å²) >= 11 is 6.37. The number of benzene rings is 1. The van der Waals surface area contributed by atoms with Gasteiger partial charge in [-0.05, 0) is 56.4 Å². The molecule has 0 radical (unpaired) electrons. The Bertz CT molecular complexity index is 421. The zero-order valence-corrected chi connectivity index (χ0v) is 14.2. The molecule has 1 aliphatic heterocycles. The fourth-order valence-corrected chi connectivity index (χ4v) is 3.64. The van der Waals surface area contributed by atoms with Gasteiger partial charge < -0.3 is 10.2 Å². The molecule has 1 heterocycles. The summed E-state index contributed by atoms with van der Waals surface area (Å²) in [6, 6.07) is 8.60. The molecule has 2 rings (SSSR count). The van der Waals surface area contributed by atoms with Crippen molar-refractivity contribution in [1.82, 2.24) is 10.2 Å². The SMILES string of the molecule is CCNC(CCN1CCCC(CC)C1)c1ccccc1Cl. The number of likely N-dealkylation sites (tertiary alicyclic amines) is 1. The van der Waals surface area contributed by atoms with Gasteiger partial charge in [-0.25, -0.2) is 0 Å². The highest BCUT2D eigenvalue weighted by Gasteiger charge is 2.20. The maximum absolute atomic E-state index is 6.37. The lowest BCUT2D eigenvalue weighted by molar-refractivity contribution is 0.165. The van der Waals surface area contributed by atoms with Crippen LogP contribution in [0.25, 0.3) is 0 Å². The van der Waals surface area contributed by atoms with Crippen molar-refractivity contribution in [3.63, 3.8) is 0 Å². The van der Waals surface area contributed by atoms with Crippen LogP contribution in [0.3, 0.4) is 0 Å². The normalized spacial score (nSPS) is 21.4. The van der Waals surface area contributed by atoms with Crippen molar-refractivity contribution in [2.45, 2.75) is 45.6 Å². The van der Waals surface area contributed by atoms with Crippen LogP contribution >= 0.6 is 11.6 Å². The highest BCUT2D eigenvalue weighted by atomic mass is 35.5. The van der Waals surface area contributed by atoms with Crippen LogP contribution in [0.1, 0.15) is 51.1 Å². The van der Waals surface area contributed by atoms with E-state index in [2.05, 4.69) is 36.2 Å². The molecule has 118 valence electrons. The lowest BCUT2D eigenvalue weighted by atomic mass is 9.95. The molecular weight excluding hydrogens is 280 g/mol. The second-order valence-electron chi connectivity index (χ2n) is 6.14. The first-order valence-electron chi connectivity index (χ1n) is 8.44. The van der Waals surface area contributed by atoms with Crippen LogP contribution in [0.2, 0.25) is 5.02 Å². The van der Waals surface area contributed by atoms with Crippen LogP contribution in [0, 0.1) is 5.92 Å². The molecule has 3 heteroatoms. The molecule has 0 bridgehead atoms. The van der Waals surface area contributed by atoms with Crippen molar-refractivity contribution < 1.29 is 0 Å². The molecule has 1 N–H and O–H groups in total. The van der Waals surface area contributed by atoms with Gasteiger partial charge in [-0.1, -0.05) is 50.1 Å². The molecule has 1 aromatic carbocycles. The van der Waals surface area contributed by atoms with Crippen LogP contribution < -0.4 is 5.32 Å². The van der Waals surface area contributed by atoms with Crippen LogP contribution in [0.5, 0.6) is 0 Å². The first-order valence-corrected chi connectivity index (χ1v) is 8.82. The number of halogens is 1. The van der Waals surface area contributed by atoms with E-state index >= 15 is 0 Å². The topological polar surface area (TPSA) is 15.3 Å². The van der Waals surface area contributed by atoms with Crippen LogP contribution in [0.15, 0.2) is 24.3 Å². The first-order chi connectivity index (χ1) is 10.2. The van der Waals surface area contributed by atoms with Gasteiger partial charge in [0, 0.05) is 17.6 Å². The monoisotopic (exact) mass is 308 g/mol. The van der Waals surface area contributed by atoms with Gasteiger partial charge in [0.2, 0.25) is 0 Å². The molecule has 21 heavy (non-hydrogen) atoms. The van der Waals surface area contributed by atoms with Gasteiger partial charge >= 0.3 is 0 Å². The molecule has 2 nitrogen and oxygen atoms in total. The molecule has 2 atom stereocenters. The van der Waals surface area contributed by atoms with E-state index < -0.39 is 0 Å². The summed E-state index contributed by atoms with van der Waals surface area (Å²) in [5, 5.41) is 4.48. The largest absolute Gasteiger partial charge is 0.310 e. The summed E-state index contributed by atoms with van der Waals surface area (Å²) in [6.07, 6.45) is 5.22. The summed E-state index contributed by atoms with van der Waals surface area (Å²) in [5.41, 5.74) is 1.24. The average Bonchev–Trinajstić information content (AvgIpc) is 2.52. The van der Waals surface area contributed by atoms with E-state index in [1.54, 1.807) is 0 Å². The molecule has 0 spiro atoms. The molecule has 1 saturated heterocycles. The summed E-state index contributed by atoms with van der Waals surface area (Å²) < 4.78 is 0. The summed E-state index contributed by atoms with van der Waals surface area (Å²) in [4.78, 5) is 2.64. The lowest BCUT2D eigenvalue weighted by Crippen LogP contribution is -2.37. The molecule has 0 aliphatic carbocycles. The molecule has 1 aromatic rings. The lowest BCUT2D eigenvalue weighted by Gasteiger charge is -2.33. The fourth-order valence-electron chi connectivity index (χ4n) is 3.37. The third-order valence-electron chi connectivity index (χ3n) is 4.65. The van der Waals surface area contributed by atoms with Gasteiger partial charge in [-0.3, -0.25) is 0 Å². The predicted octanol–water partition coefficient (Wildman–Crippen LogP) is 4.50. The molecule has 0 amide bonds. The Morgan fingerprint density at radius 3 is 2.86 bits per heavy atom. The van der Waals surface area contributed by atoms with Crippen molar-refractivity contribution >= 4 is 11.6 Å². The van der Waals surface area contributed by atoms with Gasteiger partial charge in [0.1, 0.15) is 0 Å². The second kappa shape index (κ2) is 8.77. The third kappa shape index (κ3) is 4.98. The first kappa shape index (κ1) is 16.8. The predicted molar refractivity (Wildman–Crippen MR) is 91.9 cm³/mol. The Morgan fingerprint density at radius 2 is 2.14 bits per heavy atom. The maximum atomic E-state index is 6.37. The number of hydrogen-bond donors (Lipinski definition) is 1. The van der Waals surface area contributed by atoms with Crippen LogP contribution in [-0.4, -0.2) is 31.1 Å². The minimum atomic E-state index is 0.366. The molecule has 0 aromatic heterocycles. The standard InChI is InChI=1S/C18H29ClN2/c1-3-15-8-7-12-21(14-15)13-11-18(20-4-2)16-9-5-6-10-17(16)19/h5-6,9-10,15,18,20H,3-4,7-8,11-14H2,1-2H3. The maximum Gasteiger partial charge on any atom is 0.0453 e. The summed E-state index contributed by atoms with van der Waals surface area (Å²) in [5.74, 6) is 0.900. The van der Waals surface area contributed by atoms with E-state index in [0.29, 0.717) is 6.04 Å². The van der Waals surface area contributed by atoms with Crippen molar-refractivity contribution in [2.24, 2.45) is 5.92 Å². The zero-order chi connectivity index (χ0) is 15.1. The van der Waals surface area contributed by atoms with Crippen molar-refractivity contribution in [2.75, 3.05) is 26.2 Å². The van der Waals surface area contributed by atoms with E-state index in [9.17, 15) is 0 Å². The second-order valence-corrected chi connectivity index (χ2v) is 6.54. The Kier molecular flexibility index (Phi) is 7.01.